The lowest BCUT2D eigenvalue weighted by molar-refractivity contribution is -0.136. The first-order valence-electron chi connectivity index (χ1n) is 6.35. The molecule has 0 spiro atoms. The van der Waals surface area contributed by atoms with Crippen molar-refractivity contribution in [3.8, 4) is 0 Å². The zero-order valence-corrected chi connectivity index (χ0v) is 12.7. The Labute approximate surface area is 125 Å². The fourth-order valence-electron chi connectivity index (χ4n) is 2.16. The van der Waals surface area contributed by atoms with Crippen molar-refractivity contribution in [2.75, 3.05) is 11.1 Å². The van der Waals surface area contributed by atoms with Crippen LogP contribution in [-0.2, 0) is 6.18 Å². The number of anilines is 2. The number of rotatable bonds is 3. The number of hydrogen-bond acceptors (Lipinski definition) is 4. The van der Waals surface area contributed by atoms with E-state index in [0.717, 1.165) is 21.6 Å². The molecule has 114 valence electrons. The Morgan fingerprint density at radius 1 is 1.29 bits per heavy atom. The van der Waals surface area contributed by atoms with Crippen LogP contribution in [-0.4, -0.2) is 4.98 Å². The molecule has 1 atom stereocenters. The topological polar surface area (TPSA) is 50.9 Å². The molecule has 0 saturated heterocycles. The third-order valence-electron chi connectivity index (χ3n) is 3.07. The van der Waals surface area contributed by atoms with Crippen LogP contribution in [0.3, 0.4) is 0 Å². The summed E-state index contributed by atoms with van der Waals surface area (Å²) in [4.78, 5) is 5.34. The number of nitrogen functional groups attached to an aromatic ring is 1. The summed E-state index contributed by atoms with van der Waals surface area (Å²) >= 11 is 1.53. The molecule has 0 aliphatic heterocycles. The molecule has 0 radical (unpaired) electrons. The van der Waals surface area contributed by atoms with Crippen LogP contribution in [0.4, 0.5) is 24.5 Å². The second-order valence-electron chi connectivity index (χ2n) is 4.85. The Morgan fingerprint density at radius 2 is 1.95 bits per heavy atom. The van der Waals surface area contributed by atoms with Gasteiger partial charge in [-0.25, -0.2) is 4.98 Å². The Morgan fingerprint density at radius 3 is 2.48 bits per heavy atom. The molecule has 7 heteroatoms. The van der Waals surface area contributed by atoms with E-state index in [1.165, 1.54) is 17.4 Å². The first kappa shape index (κ1) is 15.6. The molecule has 3 nitrogen and oxygen atoms in total. The van der Waals surface area contributed by atoms with Crippen molar-refractivity contribution in [3.63, 3.8) is 0 Å². The van der Waals surface area contributed by atoms with Crippen molar-refractivity contribution in [2.24, 2.45) is 0 Å². The van der Waals surface area contributed by atoms with Gasteiger partial charge in [-0.1, -0.05) is 0 Å². The molecular formula is C14H16F3N3S. The van der Waals surface area contributed by atoms with Crippen LogP contribution in [0.2, 0.25) is 0 Å². The molecule has 21 heavy (non-hydrogen) atoms. The summed E-state index contributed by atoms with van der Waals surface area (Å²) in [7, 11) is 0. The van der Waals surface area contributed by atoms with Crippen LogP contribution in [0.1, 0.15) is 34.1 Å². The lowest BCUT2D eigenvalue weighted by atomic mass is 10.1. The number of alkyl halides is 3. The highest BCUT2D eigenvalue weighted by Gasteiger charge is 2.33. The molecule has 0 aliphatic rings. The number of nitrogens with two attached hydrogens (primary N) is 1. The average Bonchev–Trinajstić information content (AvgIpc) is 2.69. The van der Waals surface area contributed by atoms with Gasteiger partial charge >= 0.3 is 6.18 Å². The molecule has 1 aromatic carbocycles. The summed E-state index contributed by atoms with van der Waals surface area (Å²) in [6.07, 6.45) is -4.46. The number of hydrogen-bond donors (Lipinski definition) is 2. The van der Waals surface area contributed by atoms with Gasteiger partial charge in [0.25, 0.3) is 0 Å². The van der Waals surface area contributed by atoms with Gasteiger partial charge in [0.15, 0.2) is 0 Å². The average molecular weight is 315 g/mol. The van der Waals surface area contributed by atoms with E-state index in [-0.39, 0.29) is 11.7 Å². The molecule has 0 bridgehead atoms. The Bertz CT molecular complexity index is 649. The maximum absolute atomic E-state index is 12.8. The summed E-state index contributed by atoms with van der Waals surface area (Å²) in [5.74, 6) is 0. The summed E-state index contributed by atoms with van der Waals surface area (Å²) in [6.45, 7) is 5.68. The number of halogens is 3. The Hall–Kier alpha value is -1.76. The normalized spacial score (nSPS) is 13.2. The van der Waals surface area contributed by atoms with Crippen LogP contribution in [0.15, 0.2) is 18.2 Å². The number of nitrogens with zero attached hydrogens (tertiary/aromatic N) is 1. The minimum Gasteiger partial charge on any atom is -0.398 e. The largest absolute Gasteiger partial charge is 0.418 e. The van der Waals surface area contributed by atoms with Gasteiger partial charge in [0.1, 0.15) is 0 Å². The van der Waals surface area contributed by atoms with E-state index in [1.54, 1.807) is 6.07 Å². The number of thiazole rings is 1. The van der Waals surface area contributed by atoms with Gasteiger partial charge in [-0.3, -0.25) is 0 Å². The van der Waals surface area contributed by atoms with E-state index >= 15 is 0 Å². The van der Waals surface area contributed by atoms with E-state index in [2.05, 4.69) is 10.3 Å². The van der Waals surface area contributed by atoms with Crippen LogP contribution < -0.4 is 11.1 Å². The highest BCUT2D eigenvalue weighted by atomic mass is 32.1. The maximum atomic E-state index is 12.8. The third-order valence-corrected chi connectivity index (χ3v) is 4.33. The van der Waals surface area contributed by atoms with Crippen molar-refractivity contribution in [2.45, 2.75) is 33.0 Å². The number of nitrogens with one attached hydrogen (secondary N) is 1. The van der Waals surface area contributed by atoms with E-state index in [4.69, 9.17) is 5.73 Å². The maximum Gasteiger partial charge on any atom is 0.418 e. The highest BCUT2D eigenvalue weighted by molar-refractivity contribution is 7.11. The van der Waals surface area contributed by atoms with Gasteiger partial charge < -0.3 is 11.1 Å². The molecule has 1 unspecified atom stereocenters. The summed E-state index contributed by atoms with van der Waals surface area (Å²) in [6, 6.07) is 3.73. The van der Waals surface area contributed by atoms with Gasteiger partial charge in [0.05, 0.1) is 22.3 Å². The minimum atomic E-state index is -4.46. The zero-order valence-electron chi connectivity index (χ0n) is 11.9. The van der Waals surface area contributed by atoms with E-state index < -0.39 is 11.7 Å². The molecular weight excluding hydrogens is 299 g/mol. The lowest BCUT2D eigenvalue weighted by Gasteiger charge is -2.17. The van der Waals surface area contributed by atoms with Crippen molar-refractivity contribution in [1.29, 1.82) is 0 Å². The molecule has 1 aromatic heterocycles. The Kier molecular flexibility index (Phi) is 4.13. The molecule has 2 aromatic rings. The predicted molar refractivity (Wildman–Crippen MR) is 79.5 cm³/mol. The quantitative estimate of drug-likeness (QED) is 0.818. The van der Waals surface area contributed by atoms with Crippen molar-refractivity contribution < 1.29 is 13.2 Å². The number of benzene rings is 1. The fourth-order valence-corrected chi connectivity index (χ4v) is 3.09. The smallest absolute Gasteiger partial charge is 0.398 e. The summed E-state index contributed by atoms with van der Waals surface area (Å²) < 4.78 is 38.5. The number of aromatic nitrogens is 1. The fraction of sp³-hybridized carbons (Fsp3) is 0.357. The van der Waals surface area contributed by atoms with Gasteiger partial charge in [-0.2, -0.15) is 13.2 Å². The predicted octanol–water partition coefficient (Wildman–Crippen LogP) is 4.53. The summed E-state index contributed by atoms with van der Waals surface area (Å²) in [5, 5.41) is 4.00. The third kappa shape index (κ3) is 3.47. The molecule has 0 saturated carbocycles. The van der Waals surface area contributed by atoms with Crippen molar-refractivity contribution in [1.82, 2.24) is 4.98 Å². The van der Waals surface area contributed by atoms with E-state index in [0.29, 0.717) is 5.69 Å². The van der Waals surface area contributed by atoms with Crippen LogP contribution >= 0.6 is 11.3 Å². The van der Waals surface area contributed by atoms with Crippen LogP contribution in [0, 0.1) is 13.8 Å². The molecule has 3 N–H and O–H groups in total. The van der Waals surface area contributed by atoms with Gasteiger partial charge in [-0.05, 0) is 39.0 Å². The Balaban J connectivity index is 2.26. The first-order chi connectivity index (χ1) is 9.68. The SMILES string of the molecule is Cc1nc(C)c(C(C)Nc2ccc(N)c(C(F)(F)F)c2)s1. The standard InChI is InChI=1S/C14H16F3N3S/c1-7-13(21-9(3)19-7)8(2)20-10-4-5-12(18)11(6-10)14(15,16)17/h4-6,8,20H,18H2,1-3H3. The zero-order chi connectivity index (χ0) is 15.8. The van der Waals surface area contributed by atoms with Gasteiger partial charge in [0.2, 0.25) is 0 Å². The van der Waals surface area contributed by atoms with Crippen LogP contribution in [0.5, 0.6) is 0 Å². The minimum absolute atomic E-state index is 0.124. The van der Waals surface area contributed by atoms with Crippen molar-refractivity contribution >= 4 is 22.7 Å². The van der Waals surface area contributed by atoms with E-state index in [9.17, 15) is 13.2 Å². The molecule has 2 rings (SSSR count). The molecule has 0 aliphatic carbocycles. The monoisotopic (exact) mass is 315 g/mol. The van der Waals surface area contributed by atoms with E-state index in [1.807, 2.05) is 20.8 Å². The first-order valence-corrected chi connectivity index (χ1v) is 7.17. The van der Waals surface area contributed by atoms with Gasteiger partial charge in [0, 0.05) is 16.3 Å². The number of aryl methyl sites for hydroxylation is 2. The highest BCUT2D eigenvalue weighted by Crippen LogP contribution is 2.36. The second kappa shape index (κ2) is 5.55. The lowest BCUT2D eigenvalue weighted by Crippen LogP contribution is -2.11. The van der Waals surface area contributed by atoms with Crippen LogP contribution in [0.25, 0.3) is 0 Å². The molecule has 0 amide bonds. The summed E-state index contributed by atoms with van der Waals surface area (Å²) in [5.41, 5.74) is 5.57. The molecule has 0 fully saturated rings. The van der Waals surface area contributed by atoms with Crippen molar-refractivity contribution in [3.05, 3.63) is 39.3 Å². The molecule has 1 heterocycles. The van der Waals surface area contributed by atoms with Gasteiger partial charge in [-0.15, -0.1) is 11.3 Å². The second-order valence-corrected chi connectivity index (χ2v) is 6.08.